The van der Waals surface area contributed by atoms with Gasteiger partial charge in [-0.15, -0.1) is 12.4 Å². The lowest BCUT2D eigenvalue weighted by molar-refractivity contribution is -0.138. The Morgan fingerprint density at radius 3 is 2.68 bits per heavy atom. The Labute approximate surface area is 172 Å². The van der Waals surface area contributed by atoms with Crippen molar-refractivity contribution in [1.29, 1.82) is 0 Å². The van der Waals surface area contributed by atoms with Crippen molar-refractivity contribution < 1.29 is 9.90 Å². The third-order valence-corrected chi connectivity index (χ3v) is 5.83. The maximum Gasteiger partial charge on any atom is 0.317 e. The van der Waals surface area contributed by atoms with Crippen LogP contribution in [0, 0.1) is 5.92 Å². The van der Waals surface area contributed by atoms with Crippen LogP contribution in [0.5, 0.6) is 0 Å². The Bertz CT molecular complexity index is 821. The number of fused-ring (bicyclic) bond motifs is 1. The van der Waals surface area contributed by atoms with Crippen molar-refractivity contribution in [3.05, 3.63) is 36.0 Å². The number of aromatic nitrogens is 2. The predicted octanol–water partition coefficient (Wildman–Crippen LogP) is 3.19. The van der Waals surface area contributed by atoms with E-state index in [0.29, 0.717) is 12.0 Å². The Kier molecular flexibility index (Phi) is 7.10. The molecule has 0 radical (unpaired) electrons. The van der Waals surface area contributed by atoms with Crippen LogP contribution < -0.4 is 5.32 Å². The molecule has 2 aliphatic heterocycles. The molecule has 0 aliphatic carbocycles. The van der Waals surface area contributed by atoms with Crippen molar-refractivity contribution in [1.82, 2.24) is 20.0 Å². The molecule has 0 unspecified atom stereocenters. The standard InChI is InChI=1S/C21H28N4O2.ClH/c26-21(27)15-24-11-7-19(8-12-24)25-20-4-3-17(13-18(20)14-23-25)2-1-16-5-9-22-10-6-16;/h1-4,13-14,16,19,22H,5-12,15H2,(H,26,27);1H. The van der Waals surface area contributed by atoms with Gasteiger partial charge in [0, 0.05) is 18.5 Å². The summed E-state index contributed by atoms with van der Waals surface area (Å²) in [6.45, 7) is 4.00. The zero-order valence-corrected chi connectivity index (χ0v) is 16.9. The van der Waals surface area contributed by atoms with Crippen LogP contribution in [0.25, 0.3) is 17.0 Å². The van der Waals surface area contributed by atoms with Gasteiger partial charge in [-0.1, -0.05) is 18.2 Å². The number of hydrogen-bond donors (Lipinski definition) is 2. The molecule has 2 N–H and O–H groups in total. The molecule has 0 bridgehead atoms. The highest BCUT2D eigenvalue weighted by Crippen LogP contribution is 2.27. The summed E-state index contributed by atoms with van der Waals surface area (Å²) in [6, 6.07) is 6.92. The highest BCUT2D eigenvalue weighted by atomic mass is 35.5. The van der Waals surface area contributed by atoms with Crippen molar-refractivity contribution >= 4 is 35.4 Å². The number of carboxylic acids is 1. The molecule has 0 spiro atoms. The second kappa shape index (κ2) is 9.54. The average Bonchev–Trinajstić information content (AvgIpc) is 3.10. The topological polar surface area (TPSA) is 70.4 Å². The molecule has 152 valence electrons. The number of allylic oxidation sites excluding steroid dienone is 1. The molecule has 4 rings (SSSR count). The SMILES string of the molecule is Cl.O=C(O)CN1CCC(n2ncc3cc(C=CC4CCNCC4)ccc32)CC1. The molecule has 0 atom stereocenters. The Hall–Kier alpha value is -1.89. The predicted molar refractivity (Wildman–Crippen MR) is 114 cm³/mol. The van der Waals surface area contributed by atoms with Gasteiger partial charge in [0.15, 0.2) is 0 Å². The summed E-state index contributed by atoms with van der Waals surface area (Å²) in [6.07, 6.45) is 10.9. The summed E-state index contributed by atoms with van der Waals surface area (Å²) in [5, 5.41) is 18.2. The first-order chi connectivity index (χ1) is 13.2. The van der Waals surface area contributed by atoms with E-state index in [1.165, 1.54) is 29.3 Å². The van der Waals surface area contributed by atoms with Gasteiger partial charge in [0.25, 0.3) is 0 Å². The number of carboxylic acid groups (broad SMARTS) is 1. The molecule has 3 heterocycles. The largest absolute Gasteiger partial charge is 0.480 e. The molecule has 28 heavy (non-hydrogen) atoms. The number of rotatable bonds is 5. The lowest BCUT2D eigenvalue weighted by Gasteiger charge is -2.31. The monoisotopic (exact) mass is 404 g/mol. The van der Waals surface area contributed by atoms with Crippen LogP contribution in [0.4, 0.5) is 0 Å². The van der Waals surface area contributed by atoms with E-state index < -0.39 is 5.97 Å². The minimum absolute atomic E-state index is 0. The van der Waals surface area contributed by atoms with Gasteiger partial charge < -0.3 is 10.4 Å². The van der Waals surface area contributed by atoms with Crippen LogP contribution in [-0.4, -0.2) is 58.5 Å². The molecule has 0 saturated carbocycles. The Morgan fingerprint density at radius 2 is 1.96 bits per heavy atom. The number of aliphatic carboxylic acids is 1. The zero-order valence-electron chi connectivity index (χ0n) is 16.1. The van der Waals surface area contributed by atoms with Crippen molar-refractivity contribution in [2.75, 3.05) is 32.7 Å². The molecule has 0 amide bonds. The number of carbonyl (C=O) groups is 1. The van der Waals surface area contributed by atoms with Crippen LogP contribution in [-0.2, 0) is 4.79 Å². The average molecular weight is 405 g/mol. The van der Waals surface area contributed by atoms with Crippen molar-refractivity contribution in [3.63, 3.8) is 0 Å². The third kappa shape index (κ3) is 4.93. The highest BCUT2D eigenvalue weighted by Gasteiger charge is 2.23. The van der Waals surface area contributed by atoms with Gasteiger partial charge in [0.1, 0.15) is 0 Å². The van der Waals surface area contributed by atoms with Gasteiger partial charge in [-0.3, -0.25) is 14.4 Å². The molecule has 2 aromatic rings. The molecule has 2 saturated heterocycles. The molecule has 1 aromatic carbocycles. The van der Waals surface area contributed by atoms with Crippen LogP contribution in [0.3, 0.4) is 0 Å². The number of likely N-dealkylation sites (tertiary alicyclic amines) is 1. The number of benzene rings is 1. The van der Waals surface area contributed by atoms with Crippen molar-refractivity contribution in [3.8, 4) is 0 Å². The second-order valence-electron chi connectivity index (χ2n) is 7.75. The highest BCUT2D eigenvalue weighted by molar-refractivity contribution is 5.85. The fraction of sp³-hybridized carbons (Fsp3) is 0.524. The first-order valence-corrected chi connectivity index (χ1v) is 9.99. The summed E-state index contributed by atoms with van der Waals surface area (Å²) in [7, 11) is 0. The number of nitrogens with zero attached hydrogens (tertiary/aromatic N) is 3. The third-order valence-electron chi connectivity index (χ3n) is 5.83. The van der Waals surface area contributed by atoms with E-state index in [2.05, 4.69) is 45.4 Å². The normalized spacial score (nSPS) is 19.9. The maximum atomic E-state index is 10.9. The number of piperidine rings is 2. The molecular weight excluding hydrogens is 376 g/mol. The number of halogens is 1. The lowest BCUT2D eigenvalue weighted by Crippen LogP contribution is -2.38. The van der Waals surface area contributed by atoms with Crippen molar-refractivity contribution in [2.45, 2.75) is 31.7 Å². The van der Waals surface area contributed by atoms with Gasteiger partial charge in [0.2, 0.25) is 0 Å². The van der Waals surface area contributed by atoms with Crippen molar-refractivity contribution in [2.24, 2.45) is 5.92 Å². The van der Waals surface area contributed by atoms with Crippen LogP contribution in [0.2, 0.25) is 0 Å². The van der Waals surface area contributed by atoms with E-state index in [1.807, 2.05) is 11.1 Å². The quantitative estimate of drug-likeness (QED) is 0.800. The summed E-state index contributed by atoms with van der Waals surface area (Å²) in [5.41, 5.74) is 2.41. The fourth-order valence-corrected chi connectivity index (χ4v) is 4.26. The molecule has 1 aromatic heterocycles. The maximum absolute atomic E-state index is 10.9. The minimum Gasteiger partial charge on any atom is -0.480 e. The fourth-order valence-electron chi connectivity index (χ4n) is 4.26. The summed E-state index contributed by atoms with van der Waals surface area (Å²) in [5.74, 6) is -0.0660. The van der Waals surface area contributed by atoms with E-state index in [4.69, 9.17) is 5.11 Å². The molecular formula is C21H29ClN4O2. The van der Waals surface area contributed by atoms with E-state index in [9.17, 15) is 4.79 Å². The van der Waals surface area contributed by atoms with Gasteiger partial charge in [-0.05, 0) is 62.4 Å². The minimum atomic E-state index is -0.747. The molecule has 2 fully saturated rings. The van der Waals surface area contributed by atoms with E-state index in [-0.39, 0.29) is 19.0 Å². The van der Waals surface area contributed by atoms with Gasteiger partial charge in [-0.2, -0.15) is 5.10 Å². The first-order valence-electron chi connectivity index (χ1n) is 9.99. The van der Waals surface area contributed by atoms with Crippen LogP contribution >= 0.6 is 12.4 Å². The van der Waals surface area contributed by atoms with E-state index >= 15 is 0 Å². The molecule has 7 heteroatoms. The Balaban J connectivity index is 0.00000225. The number of hydrogen-bond acceptors (Lipinski definition) is 4. The smallest absolute Gasteiger partial charge is 0.317 e. The van der Waals surface area contributed by atoms with Crippen LogP contribution in [0.15, 0.2) is 30.5 Å². The van der Waals surface area contributed by atoms with E-state index in [0.717, 1.165) is 39.0 Å². The second-order valence-corrected chi connectivity index (χ2v) is 7.75. The van der Waals surface area contributed by atoms with E-state index in [1.54, 1.807) is 0 Å². The van der Waals surface area contributed by atoms with Gasteiger partial charge >= 0.3 is 5.97 Å². The first kappa shape index (κ1) is 20.8. The Morgan fingerprint density at radius 1 is 1.21 bits per heavy atom. The zero-order chi connectivity index (χ0) is 18.6. The molecule has 2 aliphatic rings. The molecule has 6 nitrogen and oxygen atoms in total. The number of nitrogens with one attached hydrogen (secondary N) is 1. The van der Waals surface area contributed by atoms with Gasteiger partial charge in [-0.25, -0.2) is 0 Å². The van der Waals surface area contributed by atoms with Crippen LogP contribution in [0.1, 0.15) is 37.3 Å². The summed E-state index contributed by atoms with van der Waals surface area (Å²) in [4.78, 5) is 12.9. The summed E-state index contributed by atoms with van der Waals surface area (Å²) >= 11 is 0. The van der Waals surface area contributed by atoms with Gasteiger partial charge in [0.05, 0.1) is 24.3 Å². The lowest BCUT2D eigenvalue weighted by atomic mass is 9.97. The summed E-state index contributed by atoms with van der Waals surface area (Å²) < 4.78 is 2.13.